The van der Waals surface area contributed by atoms with Crippen LogP contribution in [-0.4, -0.2) is 53.4 Å². The van der Waals surface area contributed by atoms with Crippen molar-refractivity contribution >= 4 is 67.5 Å². The number of unbranched alkanes of at least 4 members (excludes halogenated alkanes) is 3. The van der Waals surface area contributed by atoms with Crippen LogP contribution in [0.25, 0.3) is 43.6 Å². The minimum absolute atomic E-state index is 0.140. The molecule has 6 rings (SSSR count). The Labute approximate surface area is 250 Å². The molecule has 0 radical (unpaired) electrons. The number of nitrogens with zero attached hydrogens (tertiary/aromatic N) is 2. The monoisotopic (exact) mass is 592 g/mol. The first-order valence-electron chi connectivity index (χ1n) is 14.2. The van der Waals surface area contributed by atoms with Crippen molar-refractivity contribution < 1.29 is 39.6 Å². The number of aromatic nitrogens is 2. The van der Waals surface area contributed by atoms with Gasteiger partial charge < -0.3 is 29.6 Å². The Morgan fingerprint density at radius 3 is 0.886 bits per heavy atom. The van der Waals surface area contributed by atoms with E-state index in [-0.39, 0.29) is 22.3 Å². The zero-order valence-corrected chi connectivity index (χ0v) is 23.5. The number of carboxylic acids is 4. The SMILES string of the molecule is O=C(O)c1ccc2c(c1)c1cc(C(=O)O)ccc1n2CCCCCCn1c2ccc(C(=O)O)cc2c2cc(C(=O)O)ccc21. The number of carbonyl (C=O) groups is 4. The molecule has 2 aromatic heterocycles. The minimum Gasteiger partial charge on any atom is -0.478 e. The molecule has 4 aromatic carbocycles. The summed E-state index contributed by atoms with van der Waals surface area (Å²) in [4.78, 5) is 46.4. The summed E-state index contributed by atoms with van der Waals surface area (Å²) in [5.41, 5.74) is 3.94. The van der Waals surface area contributed by atoms with Crippen molar-refractivity contribution in [3.8, 4) is 0 Å². The maximum atomic E-state index is 11.6. The molecule has 0 spiro atoms. The first-order valence-corrected chi connectivity index (χ1v) is 14.2. The molecule has 4 N–H and O–H groups in total. The van der Waals surface area contributed by atoms with Crippen molar-refractivity contribution in [3.63, 3.8) is 0 Å². The van der Waals surface area contributed by atoms with Gasteiger partial charge in [0.2, 0.25) is 0 Å². The summed E-state index contributed by atoms with van der Waals surface area (Å²) >= 11 is 0. The highest BCUT2D eigenvalue weighted by Gasteiger charge is 2.17. The van der Waals surface area contributed by atoms with E-state index in [2.05, 4.69) is 9.13 Å². The molecule has 6 aromatic rings. The van der Waals surface area contributed by atoms with Gasteiger partial charge in [-0.25, -0.2) is 19.2 Å². The third kappa shape index (κ3) is 5.00. The quantitative estimate of drug-likeness (QED) is 0.118. The van der Waals surface area contributed by atoms with Crippen LogP contribution in [0, 0.1) is 0 Å². The molecule has 10 heteroatoms. The fourth-order valence-electron chi connectivity index (χ4n) is 6.12. The number of benzene rings is 4. The summed E-state index contributed by atoms with van der Waals surface area (Å²) in [5, 5.41) is 40.8. The summed E-state index contributed by atoms with van der Waals surface area (Å²) in [6.07, 6.45) is 3.50. The molecular weight excluding hydrogens is 564 g/mol. The van der Waals surface area contributed by atoms with Gasteiger partial charge in [-0.1, -0.05) is 12.8 Å². The predicted molar refractivity (Wildman–Crippen MR) is 165 cm³/mol. The number of aryl methyl sites for hydroxylation is 2. The van der Waals surface area contributed by atoms with Crippen LogP contribution >= 0.6 is 0 Å². The van der Waals surface area contributed by atoms with Crippen LogP contribution < -0.4 is 0 Å². The Morgan fingerprint density at radius 1 is 0.409 bits per heavy atom. The molecule has 44 heavy (non-hydrogen) atoms. The maximum absolute atomic E-state index is 11.6. The number of rotatable bonds is 11. The van der Waals surface area contributed by atoms with Crippen molar-refractivity contribution in [1.29, 1.82) is 0 Å². The molecule has 2 heterocycles. The lowest BCUT2D eigenvalue weighted by Gasteiger charge is -2.10. The zero-order valence-electron chi connectivity index (χ0n) is 23.5. The molecule has 0 atom stereocenters. The van der Waals surface area contributed by atoms with Gasteiger partial charge in [-0.05, 0) is 85.6 Å². The van der Waals surface area contributed by atoms with Crippen molar-refractivity contribution in [3.05, 3.63) is 95.1 Å². The Morgan fingerprint density at radius 2 is 0.659 bits per heavy atom. The van der Waals surface area contributed by atoms with Gasteiger partial charge in [0.15, 0.2) is 0 Å². The average molecular weight is 593 g/mol. The van der Waals surface area contributed by atoms with E-state index in [1.54, 1.807) is 72.8 Å². The first kappa shape index (κ1) is 28.5. The smallest absolute Gasteiger partial charge is 0.335 e. The molecule has 0 unspecified atom stereocenters. The molecule has 0 amide bonds. The highest BCUT2D eigenvalue weighted by molar-refractivity contribution is 6.13. The van der Waals surface area contributed by atoms with Gasteiger partial charge in [0.1, 0.15) is 0 Å². The predicted octanol–water partition coefficient (Wildman–Crippen LogP) is 6.96. The lowest BCUT2D eigenvalue weighted by atomic mass is 10.1. The lowest BCUT2D eigenvalue weighted by Crippen LogP contribution is -2.01. The Kier molecular flexibility index (Phi) is 7.26. The van der Waals surface area contributed by atoms with Gasteiger partial charge in [-0.2, -0.15) is 0 Å². The van der Waals surface area contributed by atoms with E-state index in [1.807, 2.05) is 0 Å². The molecule has 0 saturated heterocycles. The van der Waals surface area contributed by atoms with Crippen LogP contribution in [0.1, 0.15) is 67.1 Å². The van der Waals surface area contributed by atoms with Crippen LogP contribution in [0.3, 0.4) is 0 Å². The van der Waals surface area contributed by atoms with Gasteiger partial charge in [-0.3, -0.25) is 0 Å². The third-order valence-electron chi connectivity index (χ3n) is 8.23. The van der Waals surface area contributed by atoms with Crippen molar-refractivity contribution in [2.24, 2.45) is 0 Å². The highest BCUT2D eigenvalue weighted by atomic mass is 16.4. The van der Waals surface area contributed by atoms with E-state index < -0.39 is 23.9 Å². The molecule has 222 valence electrons. The van der Waals surface area contributed by atoms with E-state index in [9.17, 15) is 39.6 Å². The summed E-state index contributed by atoms with van der Waals surface area (Å²) in [6, 6.07) is 19.7. The topological polar surface area (TPSA) is 159 Å². The average Bonchev–Trinajstić information content (AvgIpc) is 3.49. The number of carboxylic acid groups (broad SMARTS) is 4. The fraction of sp³-hybridized carbons (Fsp3) is 0.176. The Hall–Kier alpha value is -5.64. The van der Waals surface area contributed by atoms with E-state index in [0.717, 1.165) is 47.8 Å². The number of hydrogen-bond acceptors (Lipinski definition) is 4. The zero-order chi connectivity index (χ0) is 31.1. The molecule has 0 aliphatic carbocycles. The van der Waals surface area contributed by atoms with Gasteiger partial charge in [0, 0.05) is 56.7 Å². The Balaban J connectivity index is 1.20. The number of aromatic carboxylic acids is 4. The van der Waals surface area contributed by atoms with E-state index in [0.29, 0.717) is 34.6 Å². The minimum atomic E-state index is -1.05. The van der Waals surface area contributed by atoms with Gasteiger partial charge >= 0.3 is 23.9 Å². The number of hydrogen-bond donors (Lipinski definition) is 4. The molecule has 0 saturated carbocycles. The van der Waals surface area contributed by atoms with Crippen LogP contribution in [0.5, 0.6) is 0 Å². The molecule has 0 aliphatic heterocycles. The van der Waals surface area contributed by atoms with Gasteiger partial charge in [-0.15, -0.1) is 0 Å². The lowest BCUT2D eigenvalue weighted by molar-refractivity contribution is 0.0686. The van der Waals surface area contributed by atoms with Crippen LogP contribution in [0.15, 0.2) is 72.8 Å². The molecule has 0 fully saturated rings. The van der Waals surface area contributed by atoms with Crippen molar-refractivity contribution in [1.82, 2.24) is 9.13 Å². The number of fused-ring (bicyclic) bond motifs is 6. The fourth-order valence-corrected chi connectivity index (χ4v) is 6.12. The molecular formula is C34H28N2O8. The first-order chi connectivity index (χ1) is 21.1. The summed E-state index contributed by atoms with van der Waals surface area (Å²) in [7, 11) is 0. The van der Waals surface area contributed by atoms with Crippen LogP contribution in [-0.2, 0) is 13.1 Å². The van der Waals surface area contributed by atoms with Crippen LogP contribution in [0.2, 0.25) is 0 Å². The van der Waals surface area contributed by atoms with E-state index in [4.69, 9.17) is 0 Å². The second-order valence-electron chi connectivity index (χ2n) is 10.9. The molecule has 0 aliphatic rings. The second kappa shape index (κ2) is 11.2. The standard InChI is InChI=1S/C34H28N2O8/c37-31(38)19-5-9-27-23(15-19)24-16-20(32(39)40)6-10-28(24)35(27)13-3-1-2-4-14-36-29-11-7-21(33(41)42)17-25(29)26-18-22(34(43)44)8-12-30(26)36/h5-12,15-18H,1-4,13-14H2,(H,37,38)(H,39,40)(H,41,42)(H,43,44). The van der Waals surface area contributed by atoms with Crippen LogP contribution in [0.4, 0.5) is 0 Å². The van der Waals surface area contributed by atoms with Gasteiger partial charge in [0.05, 0.1) is 22.3 Å². The largest absolute Gasteiger partial charge is 0.478 e. The van der Waals surface area contributed by atoms with Gasteiger partial charge in [0.25, 0.3) is 0 Å². The van der Waals surface area contributed by atoms with E-state index >= 15 is 0 Å². The van der Waals surface area contributed by atoms with Crippen molar-refractivity contribution in [2.75, 3.05) is 0 Å². The molecule has 0 bridgehead atoms. The Bertz CT molecular complexity index is 1860. The van der Waals surface area contributed by atoms with Crippen molar-refractivity contribution in [2.45, 2.75) is 38.8 Å². The summed E-state index contributed by atoms with van der Waals surface area (Å²) < 4.78 is 4.21. The summed E-state index contributed by atoms with van der Waals surface area (Å²) in [6.45, 7) is 1.34. The summed E-state index contributed by atoms with van der Waals surface area (Å²) in [5.74, 6) is -4.18. The maximum Gasteiger partial charge on any atom is 0.335 e. The normalized spacial score (nSPS) is 11.5. The third-order valence-corrected chi connectivity index (χ3v) is 8.23. The van der Waals surface area contributed by atoms with E-state index in [1.165, 1.54) is 0 Å². The highest BCUT2D eigenvalue weighted by Crippen LogP contribution is 2.33. The molecule has 10 nitrogen and oxygen atoms in total. The second-order valence-corrected chi connectivity index (χ2v) is 10.9.